The zero-order valence-corrected chi connectivity index (χ0v) is 22.4. The van der Waals surface area contributed by atoms with Gasteiger partial charge in [-0.1, -0.05) is 58.2 Å². The monoisotopic (exact) mass is 494 g/mol. The number of nitriles is 1. The van der Waals surface area contributed by atoms with Gasteiger partial charge in [-0.25, -0.2) is 0 Å². The standard InChI is InChI=1S/C32H38N4O/c1-4-20-10-13-26-25(18-20)30(37)27-24-12-11-21(19-33)29(28(24)35-31(27)32(26,2)3)36-16-14-23(15-17-36)34-22-8-6-5-7-9-22/h10-13,18,22-23,34-35H,4-9,14-17H2,1-3H3. The summed E-state index contributed by atoms with van der Waals surface area (Å²) in [6.07, 6.45) is 9.74. The second kappa shape index (κ2) is 9.33. The zero-order valence-electron chi connectivity index (χ0n) is 22.4. The molecular weight excluding hydrogens is 456 g/mol. The first-order valence-electron chi connectivity index (χ1n) is 14.2. The molecule has 1 aromatic heterocycles. The Morgan fingerprint density at radius 2 is 1.78 bits per heavy atom. The Morgan fingerprint density at radius 3 is 2.49 bits per heavy atom. The number of fused-ring (bicyclic) bond motifs is 4. The van der Waals surface area contributed by atoms with Gasteiger partial charge >= 0.3 is 0 Å². The van der Waals surface area contributed by atoms with Crippen LogP contribution in [0.25, 0.3) is 10.9 Å². The fraction of sp³-hybridized carbons (Fsp3) is 0.500. The number of aryl methyl sites for hydroxylation is 1. The minimum Gasteiger partial charge on any atom is -0.369 e. The van der Waals surface area contributed by atoms with E-state index in [1.54, 1.807) is 0 Å². The van der Waals surface area contributed by atoms with Crippen molar-refractivity contribution in [1.82, 2.24) is 10.3 Å². The Bertz CT molecular complexity index is 1390. The first-order valence-corrected chi connectivity index (χ1v) is 14.2. The summed E-state index contributed by atoms with van der Waals surface area (Å²) < 4.78 is 0. The number of nitrogens with zero attached hydrogens (tertiary/aromatic N) is 2. The molecule has 1 aliphatic heterocycles. The van der Waals surface area contributed by atoms with Crippen molar-refractivity contribution in [3.63, 3.8) is 0 Å². The predicted molar refractivity (Wildman–Crippen MR) is 150 cm³/mol. The van der Waals surface area contributed by atoms with Crippen LogP contribution in [0, 0.1) is 11.3 Å². The lowest BCUT2D eigenvalue weighted by Gasteiger charge is -2.37. The van der Waals surface area contributed by atoms with Gasteiger partial charge < -0.3 is 15.2 Å². The molecule has 1 saturated carbocycles. The van der Waals surface area contributed by atoms with E-state index >= 15 is 0 Å². The van der Waals surface area contributed by atoms with Crippen LogP contribution in [0.5, 0.6) is 0 Å². The Morgan fingerprint density at radius 1 is 1.05 bits per heavy atom. The summed E-state index contributed by atoms with van der Waals surface area (Å²) in [5.41, 5.74) is 7.08. The summed E-state index contributed by atoms with van der Waals surface area (Å²) in [7, 11) is 0. The summed E-state index contributed by atoms with van der Waals surface area (Å²) in [5.74, 6) is 0.0944. The number of nitrogens with one attached hydrogen (secondary N) is 2. The average Bonchev–Trinajstić information content (AvgIpc) is 3.33. The van der Waals surface area contributed by atoms with Gasteiger partial charge in [0.25, 0.3) is 0 Å². The van der Waals surface area contributed by atoms with E-state index in [0.29, 0.717) is 17.6 Å². The number of ketones is 1. The van der Waals surface area contributed by atoms with Crippen molar-refractivity contribution in [3.8, 4) is 6.07 Å². The fourth-order valence-electron chi connectivity index (χ4n) is 7.06. The maximum absolute atomic E-state index is 13.9. The molecule has 2 N–H and O–H groups in total. The molecule has 6 rings (SSSR count). The first-order chi connectivity index (χ1) is 17.9. The second-order valence-corrected chi connectivity index (χ2v) is 11.8. The van der Waals surface area contributed by atoms with E-state index in [4.69, 9.17) is 0 Å². The van der Waals surface area contributed by atoms with Crippen LogP contribution in [0.4, 0.5) is 5.69 Å². The van der Waals surface area contributed by atoms with Gasteiger partial charge in [-0.05, 0) is 55.4 Å². The summed E-state index contributed by atoms with van der Waals surface area (Å²) in [4.78, 5) is 20.0. The Kier molecular flexibility index (Phi) is 6.12. The SMILES string of the molecule is CCc1ccc2c(c1)C(=O)c1c([nH]c3c(N4CCC(NC5CCCCC5)CC4)c(C#N)ccc13)C2(C)C. The molecular formula is C32H38N4O. The molecule has 2 aliphatic carbocycles. The van der Waals surface area contributed by atoms with Crippen molar-refractivity contribution in [2.75, 3.05) is 18.0 Å². The van der Waals surface area contributed by atoms with Crippen LogP contribution >= 0.6 is 0 Å². The van der Waals surface area contributed by atoms with E-state index in [0.717, 1.165) is 71.3 Å². The van der Waals surface area contributed by atoms with Gasteiger partial charge in [0.1, 0.15) is 6.07 Å². The highest BCUT2D eigenvalue weighted by atomic mass is 16.1. The van der Waals surface area contributed by atoms with Crippen LogP contribution in [0.3, 0.4) is 0 Å². The molecule has 2 fully saturated rings. The van der Waals surface area contributed by atoms with Crippen molar-refractivity contribution in [1.29, 1.82) is 5.26 Å². The molecule has 0 radical (unpaired) electrons. The van der Waals surface area contributed by atoms with Crippen LogP contribution in [0.1, 0.15) is 104 Å². The van der Waals surface area contributed by atoms with E-state index in [2.05, 4.69) is 60.2 Å². The summed E-state index contributed by atoms with van der Waals surface area (Å²) >= 11 is 0. The van der Waals surface area contributed by atoms with Crippen molar-refractivity contribution in [2.45, 2.75) is 89.6 Å². The number of aromatic amines is 1. The van der Waals surface area contributed by atoms with E-state index < -0.39 is 0 Å². The fourth-order valence-corrected chi connectivity index (χ4v) is 7.06. The van der Waals surface area contributed by atoms with Crippen molar-refractivity contribution in [2.24, 2.45) is 0 Å². The minimum absolute atomic E-state index is 0.0944. The number of rotatable bonds is 4. The average molecular weight is 495 g/mol. The Labute approximate surface area is 220 Å². The van der Waals surface area contributed by atoms with Crippen molar-refractivity contribution < 1.29 is 4.79 Å². The number of aromatic nitrogens is 1. The van der Waals surface area contributed by atoms with Gasteiger partial charge in [-0.3, -0.25) is 4.79 Å². The lowest BCUT2D eigenvalue weighted by molar-refractivity contribution is 0.103. The lowest BCUT2D eigenvalue weighted by Crippen LogP contribution is -2.47. The maximum atomic E-state index is 13.9. The third-order valence-electron chi connectivity index (χ3n) is 9.22. The third-order valence-corrected chi connectivity index (χ3v) is 9.22. The molecule has 5 heteroatoms. The van der Waals surface area contributed by atoms with Crippen LogP contribution in [-0.4, -0.2) is 35.9 Å². The highest BCUT2D eigenvalue weighted by Gasteiger charge is 2.40. The number of benzene rings is 2. The smallest absolute Gasteiger partial charge is 0.195 e. The van der Waals surface area contributed by atoms with E-state index in [1.807, 2.05) is 12.1 Å². The number of anilines is 1. The Balaban J connectivity index is 1.37. The van der Waals surface area contributed by atoms with E-state index in [9.17, 15) is 10.1 Å². The Hall–Kier alpha value is -3.10. The highest BCUT2D eigenvalue weighted by molar-refractivity contribution is 6.21. The van der Waals surface area contributed by atoms with Gasteiger partial charge in [0.2, 0.25) is 0 Å². The van der Waals surface area contributed by atoms with Gasteiger partial charge in [-0.2, -0.15) is 5.26 Å². The van der Waals surface area contributed by atoms with Crippen molar-refractivity contribution >= 4 is 22.4 Å². The number of carbonyl (C=O) groups is 1. The molecule has 2 heterocycles. The van der Waals surface area contributed by atoms with Gasteiger partial charge in [0.15, 0.2) is 5.78 Å². The van der Waals surface area contributed by atoms with Crippen LogP contribution in [-0.2, 0) is 11.8 Å². The van der Waals surface area contributed by atoms with Gasteiger partial charge in [-0.15, -0.1) is 0 Å². The number of carbonyl (C=O) groups excluding carboxylic acids is 1. The number of hydrogen-bond donors (Lipinski definition) is 2. The van der Waals surface area contributed by atoms with Crippen LogP contribution in [0.2, 0.25) is 0 Å². The second-order valence-electron chi connectivity index (χ2n) is 11.8. The summed E-state index contributed by atoms with van der Waals surface area (Å²) in [6.45, 7) is 8.36. The number of H-pyrrole nitrogens is 1. The molecule has 37 heavy (non-hydrogen) atoms. The molecule has 192 valence electrons. The normalized spacial score (nSPS) is 20.1. The molecule has 0 atom stereocenters. The lowest BCUT2D eigenvalue weighted by atomic mass is 9.71. The zero-order chi connectivity index (χ0) is 25.7. The molecule has 0 unspecified atom stereocenters. The molecule has 0 spiro atoms. The van der Waals surface area contributed by atoms with Crippen LogP contribution in [0.15, 0.2) is 30.3 Å². The molecule has 3 aromatic rings. The van der Waals surface area contributed by atoms with Crippen molar-refractivity contribution in [3.05, 3.63) is 63.8 Å². The quantitative estimate of drug-likeness (QED) is 0.442. The summed E-state index contributed by atoms with van der Waals surface area (Å²) in [5, 5.41) is 14.9. The molecule has 2 aromatic carbocycles. The van der Waals surface area contributed by atoms with Gasteiger partial charge in [0, 0.05) is 47.2 Å². The highest BCUT2D eigenvalue weighted by Crippen LogP contribution is 2.46. The third kappa shape index (κ3) is 3.97. The molecule has 0 bridgehead atoms. The largest absolute Gasteiger partial charge is 0.369 e. The van der Waals surface area contributed by atoms with E-state index in [1.165, 1.54) is 37.7 Å². The minimum atomic E-state index is -0.329. The van der Waals surface area contributed by atoms with Gasteiger partial charge in [0.05, 0.1) is 22.3 Å². The molecule has 1 saturated heterocycles. The molecule has 5 nitrogen and oxygen atoms in total. The van der Waals surface area contributed by atoms with Crippen LogP contribution < -0.4 is 10.2 Å². The first kappa shape index (κ1) is 24.2. The molecule has 0 amide bonds. The predicted octanol–water partition coefficient (Wildman–Crippen LogP) is 6.36. The van der Waals surface area contributed by atoms with E-state index in [-0.39, 0.29) is 11.2 Å². The number of piperidine rings is 1. The molecule has 3 aliphatic rings. The topological polar surface area (TPSA) is 71.9 Å². The number of hydrogen-bond acceptors (Lipinski definition) is 4. The summed E-state index contributed by atoms with van der Waals surface area (Å²) in [6, 6.07) is 13.9. The maximum Gasteiger partial charge on any atom is 0.195 e.